The van der Waals surface area contributed by atoms with Crippen molar-refractivity contribution in [2.45, 2.75) is 103 Å². The summed E-state index contributed by atoms with van der Waals surface area (Å²) in [6.45, 7) is 11.3. The third-order valence-corrected chi connectivity index (χ3v) is 12.3. The smallest absolute Gasteiger partial charge is 0.339 e. The summed E-state index contributed by atoms with van der Waals surface area (Å²) in [5.41, 5.74) is -3.13. The van der Waals surface area contributed by atoms with E-state index >= 15 is 0 Å². The third-order valence-electron chi connectivity index (χ3n) is 12.3. The van der Waals surface area contributed by atoms with E-state index < -0.39 is 81.8 Å². The van der Waals surface area contributed by atoms with Crippen molar-refractivity contribution in [1.29, 1.82) is 0 Å². The van der Waals surface area contributed by atoms with Crippen molar-refractivity contribution < 1.29 is 47.6 Å². The number of ether oxygens (including phenoxy) is 5. The number of aliphatic hydroxyl groups is 1. The van der Waals surface area contributed by atoms with Crippen LogP contribution in [0.4, 0.5) is 0 Å². The standard InChI is InChI=1S/C30H38O10/c1-14(31)37-18-11-19(38-15(2)32)28(5)17-7-9-27(4)23(16-8-10-35-12-16)39-25(34)24-30(27,40-24)29(17,6)22(33)20-21(28)26(18,3)13-36-20/h8,10,12,17-24,33H,7,9,11,13H2,1-6H3. The Morgan fingerprint density at radius 1 is 1.05 bits per heavy atom. The summed E-state index contributed by atoms with van der Waals surface area (Å²) < 4.78 is 36.2. The lowest BCUT2D eigenvalue weighted by atomic mass is 9.34. The third kappa shape index (κ3) is 2.78. The van der Waals surface area contributed by atoms with Crippen LogP contribution in [0.25, 0.3) is 0 Å². The molecule has 7 rings (SSSR count). The van der Waals surface area contributed by atoms with Gasteiger partial charge in [-0.15, -0.1) is 0 Å². The molecule has 13 atom stereocenters. The quantitative estimate of drug-likeness (QED) is 0.335. The molecule has 218 valence electrons. The molecule has 3 aliphatic heterocycles. The van der Waals surface area contributed by atoms with Gasteiger partial charge >= 0.3 is 17.9 Å². The first-order valence-corrected chi connectivity index (χ1v) is 14.3. The zero-order valence-corrected chi connectivity index (χ0v) is 23.8. The zero-order chi connectivity index (χ0) is 28.6. The molecular formula is C30H38O10. The van der Waals surface area contributed by atoms with Crippen LogP contribution in [0.1, 0.15) is 72.5 Å². The van der Waals surface area contributed by atoms with Crippen LogP contribution in [0.15, 0.2) is 23.0 Å². The molecule has 0 bridgehead atoms. The maximum atomic E-state index is 13.4. The molecule has 3 saturated heterocycles. The van der Waals surface area contributed by atoms with Gasteiger partial charge in [-0.2, -0.15) is 0 Å². The predicted octanol–water partition coefficient (Wildman–Crippen LogP) is 3.11. The summed E-state index contributed by atoms with van der Waals surface area (Å²) >= 11 is 0. The van der Waals surface area contributed by atoms with E-state index in [1.165, 1.54) is 13.8 Å². The lowest BCUT2D eigenvalue weighted by Gasteiger charge is -2.70. The van der Waals surface area contributed by atoms with Gasteiger partial charge in [-0.05, 0) is 24.8 Å². The number of carbonyl (C=O) groups excluding carboxylic acids is 3. The van der Waals surface area contributed by atoms with Crippen LogP contribution < -0.4 is 0 Å². The molecule has 1 aromatic heterocycles. The second-order valence-electron chi connectivity index (χ2n) is 13.9. The van der Waals surface area contributed by atoms with Crippen LogP contribution in [0.2, 0.25) is 0 Å². The number of fused-ring (bicyclic) bond motifs is 2. The Morgan fingerprint density at radius 3 is 2.40 bits per heavy atom. The minimum absolute atomic E-state index is 0.200. The molecule has 6 fully saturated rings. The second-order valence-corrected chi connectivity index (χ2v) is 13.9. The van der Waals surface area contributed by atoms with Crippen molar-refractivity contribution in [2.75, 3.05) is 6.61 Å². The topological polar surface area (TPSA) is 134 Å². The molecule has 3 aliphatic carbocycles. The lowest BCUT2D eigenvalue weighted by molar-refractivity contribution is -0.303. The first kappa shape index (κ1) is 26.5. The summed E-state index contributed by atoms with van der Waals surface area (Å²) in [4.78, 5) is 38.0. The van der Waals surface area contributed by atoms with E-state index in [0.29, 0.717) is 19.3 Å². The normalized spacial score (nSPS) is 53.7. The fourth-order valence-corrected chi connectivity index (χ4v) is 10.8. The van der Waals surface area contributed by atoms with Crippen LogP contribution in [0.3, 0.4) is 0 Å². The van der Waals surface area contributed by atoms with Crippen molar-refractivity contribution in [3.8, 4) is 0 Å². The fraction of sp³-hybridized carbons (Fsp3) is 0.767. The number of hydrogen-bond acceptors (Lipinski definition) is 10. The summed E-state index contributed by atoms with van der Waals surface area (Å²) in [7, 11) is 0. The maximum Gasteiger partial charge on any atom is 0.339 e. The number of rotatable bonds is 3. The van der Waals surface area contributed by atoms with Gasteiger partial charge in [0.2, 0.25) is 0 Å². The van der Waals surface area contributed by atoms with Gasteiger partial charge in [0.15, 0.2) is 6.10 Å². The highest BCUT2D eigenvalue weighted by atomic mass is 16.7. The van der Waals surface area contributed by atoms with Gasteiger partial charge in [-0.1, -0.05) is 27.7 Å². The van der Waals surface area contributed by atoms with Crippen molar-refractivity contribution >= 4 is 17.9 Å². The van der Waals surface area contributed by atoms with Crippen LogP contribution in [0.5, 0.6) is 0 Å². The summed E-state index contributed by atoms with van der Waals surface area (Å²) in [6, 6.07) is 1.81. The van der Waals surface area contributed by atoms with Crippen LogP contribution >= 0.6 is 0 Å². The Kier molecular flexibility index (Phi) is 5.22. The zero-order valence-electron chi connectivity index (χ0n) is 23.8. The number of esters is 3. The Bertz CT molecular complexity index is 1280. The average molecular weight is 559 g/mol. The number of furan rings is 1. The number of hydrogen-bond donors (Lipinski definition) is 1. The largest absolute Gasteiger partial charge is 0.472 e. The van der Waals surface area contributed by atoms with E-state index in [9.17, 15) is 19.5 Å². The van der Waals surface area contributed by atoms with E-state index in [0.717, 1.165) is 5.56 Å². The van der Waals surface area contributed by atoms with Gasteiger partial charge in [-0.25, -0.2) is 4.79 Å². The van der Waals surface area contributed by atoms with Crippen LogP contribution in [-0.4, -0.2) is 65.7 Å². The molecule has 4 heterocycles. The minimum atomic E-state index is -1.02. The van der Waals surface area contributed by atoms with E-state index in [2.05, 4.69) is 20.8 Å². The molecular weight excluding hydrogens is 520 g/mol. The average Bonchev–Trinajstić information content (AvgIpc) is 3.24. The van der Waals surface area contributed by atoms with E-state index in [4.69, 9.17) is 28.1 Å². The molecule has 10 nitrogen and oxygen atoms in total. The molecule has 3 saturated carbocycles. The highest BCUT2D eigenvalue weighted by Crippen LogP contribution is 2.81. The van der Waals surface area contributed by atoms with E-state index in [1.54, 1.807) is 18.6 Å². The second kappa shape index (κ2) is 7.89. The first-order chi connectivity index (χ1) is 18.8. The van der Waals surface area contributed by atoms with Crippen molar-refractivity contribution in [1.82, 2.24) is 0 Å². The number of epoxide rings is 1. The SMILES string of the molecule is CC(=O)OC1CC(OC(C)=O)C2(C)C3C(OCC13C)C(O)C1(C)C2CCC2(C)C(c3ccoc3)OC(=O)C3OC321. The van der Waals surface area contributed by atoms with Crippen LogP contribution in [0, 0.1) is 33.5 Å². The summed E-state index contributed by atoms with van der Waals surface area (Å²) in [5, 5.41) is 12.4. The number of carbonyl (C=O) groups is 3. The number of cyclic esters (lactones) is 1. The highest BCUT2D eigenvalue weighted by Gasteiger charge is 2.90. The van der Waals surface area contributed by atoms with Gasteiger partial charge in [0.25, 0.3) is 0 Å². The molecule has 0 radical (unpaired) electrons. The van der Waals surface area contributed by atoms with Crippen molar-refractivity contribution in [2.24, 2.45) is 33.5 Å². The highest BCUT2D eigenvalue weighted by molar-refractivity contribution is 5.82. The molecule has 6 aliphatic rings. The van der Waals surface area contributed by atoms with Gasteiger partial charge in [-0.3, -0.25) is 9.59 Å². The molecule has 0 aromatic carbocycles. The maximum absolute atomic E-state index is 13.4. The van der Waals surface area contributed by atoms with Gasteiger partial charge < -0.3 is 33.2 Å². The lowest BCUT2D eigenvalue weighted by Crippen LogP contribution is -2.77. The molecule has 13 unspecified atom stereocenters. The number of aliphatic hydroxyl groups excluding tert-OH is 1. The Balaban J connectivity index is 1.40. The molecule has 1 N–H and O–H groups in total. The van der Waals surface area contributed by atoms with Crippen LogP contribution in [-0.2, 0) is 38.1 Å². The minimum Gasteiger partial charge on any atom is -0.472 e. The van der Waals surface area contributed by atoms with Crippen molar-refractivity contribution in [3.63, 3.8) is 0 Å². The molecule has 0 amide bonds. The Hall–Kier alpha value is -2.43. The predicted molar refractivity (Wildman–Crippen MR) is 135 cm³/mol. The van der Waals surface area contributed by atoms with Crippen molar-refractivity contribution in [3.05, 3.63) is 24.2 Å². The van der Waals surface area contributed by atoms with Gasteiger partial charge in [0.05, 0.1) is 31.3 Å². The molecule has 1 spiro atoms. The van der Waals surface area contributed by atoms with E-state index in [-0.39, 0.29) is 18.4 Å². The monoisotopic (exact) mass is 558 g/mol. The summed E-state index contributed by atoms with van der Waals surface area (Å²) in [6.07, 6.45) is 0.638. The Morgan fingerprint density at radius 2 is 1.75 bits per heavy atom. The first-order valence-electron chi connectivity index (χ1n) is 14.3. The van der Waals surface area contributed by atoms with Gasteiger partial charge in [0, 0.05) is 53.4 Å². The summed E-state index contributed by atoms with van der Waals surface area (Å²) in [5.74, 6) is -1.74. The molecule has 40 heavy (non-hydrogen) atoms. The Labute approximate surface area is 233 Å². The molecule has 1 aromatic rings. The molecule has 10 heteroatoms. The van der Waals surface area contributed by atoms with E-state index in [1.807, 2.05) is 6.92 Å². The van der Waals surface area contributed by atoms with Gasteiger partial charge in [0.1, 0.15) is 23.9 Å². The fourth-order valence-electron chi connectivity index (χ4n) is 10.8.